The average molecular weight is 270 g/mol. The molecule has 1 aromatic rings. The molecule has 0 spiro atoms. The smallest absolute Gasteiger partial charge is 0.242 e. The molecular weight excluding hydrogens is 258 g/mol. The third kappa shape index (κ3) is 2.76. The molecule has 0 aromatic carbocycles. The van der Waals surface area contributed by atoms with Gasteiger partial charge in [0.2, 0.25) is 5.91 Å². The summed E-state index contributed by atoms with van der Waals surface area (Å²) in [5.74, 6) is 0.597. The van der Waals surface area contributed by atoms with Crippen LogP contribution in [0.2, 0.25) is 0 Å². The van der Waals surface area contributed by atoms with Gasteiger partial charge in [-0.25, -0.2) is 4.98 Å². The molecule has 2 N–H and O–H groups in total. The number of anilines is 1. The Balaban J connectivity index is 1.96. The van der Waals surface area contributed by atoms with Gasteiger partial charge in [0.1, 0.15) is 5.82 Å². The van der Waals surface area contributed by atoms with E-state index in [1.165, 1.54) is 0 Å². The zero-order valence-electron chi connectivity index (χ0n) is 8.16. The first kappa shape index (κ1) is 10.6. The second-order valence-corrected chi connectivity index (χ2v) is 4.42. The maximum Gasteiger partial charge on any atom is 0.242 e. The lowest BCUT2D eigenvalue weighted by Crippen LogP contribution is -2.35. The molecule has 1 aliphatic heterocycles. The van der Waals surface area contributed by atoms with Crippen molar-refractivity contribution in [3.63, 3.8) is 0 Å². The van der Waals surface area contributed by atoms with Gasteiger partial charge < -0.3 is 10.6 Å². The van der Waals surface area contributed by atoms with Gasteiger partial charge in [-0.3, -0.25) is 4.79 Å². The molecular formula is C10H12BrN3O. The number of rotatable bonds is 2. The first-order valence-electron chi connectivity index (χ1n) is 4.91. The van der Waals surface area contributed by atoms with Crippen LogP contribution in [0, 0.1) is 0 Å². The van der Waals surface area contributed by atoms with Crippen molar-refractivity contribution in [3.8, 4) is 0 Å². The summed E-state index contributed by atoms with van der Waals surface area (Å²) in [5, 5.41) is 5.92. The van der Waals surface area contributed by atoms with Gasteiger partial charge in [-0.1, -0.05) is 0 Å². The van der Waals surface area contributed by atoms with E-state index in [-0.39, 0.29) is 11.9 Å². The molecule has 2 rings (SSSR count). The van der Waals surface area contributed by atoms with Crippen LogP contribution in [0.5, 0.6) is 0 Å². The third-order valence-electron chi connectivity index (χ3n) is 2.36. The van der Waals surface area contributed by atoms with Crippen LogP contribution in [0.15, 0.2) is 22.8 Å². The summed E-state index contributed by atoms with van der Waals surface area (Å²) in [5.41, 5.74) is 0. The van der Waals surface area contributed by atoms with Crippen molar-refractivity contribution in [2.45, 2.75) is 18.9 Å². The molecule has 0 saturated carbocycles. The molecule has 1 aromatic heterocycles. The number of hydrogen-bond acceptors (Lipinski definition) is 3. The number of hydrogen-bond donors (Lipinski definition) is 2. The minimum atomic E-state index is -0.0598. The fourth-order valence-electron chi connectivity index (χ4n) is 1.57. The van der Waals surface area contributed by atoms with Crippen molar-refractivity contribution in [2.24, 2.45) is 0 Å². The van der Waals surface area contributed by atoms with E-state index < -0.39 is 0 Å². The average Bonchev–Trinajstić information content (AvgIpc) is 2.74. The van der Waals surface area contributed by atoms with E-state index in [0.29, 0.717) is 5.82 Å². The number of carbonyl (C=O) groups is 1. The zero-order chi connectivity index (χ0) is 10.7. The summed E-state index contributed by atoms with van der Waals surface area (Å²) in [7, 11) is 0. The molecule has 5 heteroatoms. The quantitative estimate of drug-likeness (QED) is 0.857. The molecule has 0 unspecified atom stereocenters. The van der Waals surface area contributed by atoms with Crippen LogP contribution in [-0.2, 0) is 4.79 Å². The van der Waals surface area contributed by atoms with Crippen LogP contribution in [0.4, 0.5) is 5.82 Å². The number of halogens is 1. The molecule has 0 aliphatic carbocycles. The molecule has 0 radical (unpaired) electrons. The molecule has 80 valence electrons. The number of nitrogens with one attached hydrogen (secondary N) is 2. The summed E-state index contributed by atoms with van der Waals surface area (Å²) in [6, 6.07) is 3.57. The van der Waals surface area contributed by atoms with Gasteiger partial charge in [-0.05, 0) is 47.4 Å². The van der Waals surface area contributed by atoms with Gasteiger partial charge in [-0.2, -0.15) is 0 Å². The number of nitrogens with zero attached hydrogens (tertiary/aromatic N) is 1. The number of carbonyl (C=O) groups excluding carboxylic acids is 1. The van der Waals surface area contributed by atoms with Gasteiger partial charge in [0, 0.05) is 10.7 Å². The lowest BCUT2D eigenvalue weighted by Gasteiger charge is -2.10. The Morgan fingerprint density at radius 3 is 3.07 bits per heavy atom. The van der Waals surface area contributed by atoms with Crippen LogP contribution < -0.4 is 10.6 Å². The highest BCUT2D eigenvalue weighted by Gasteiger charge is 2.21. The van der Waals surface area contributed by atoms with Crippen LogP contribution in [0.1, 0.15) is 12.8 Å². The summed E-state index contributed by atoms with van der Waals surface area (Å²) in [6.45, 7) is 0.922. The molecule has 1 amide bonds. The predicted molar refractivity (Wildman–Crippen MR) is 61.6 cm³/mol. The molecule has 0 bridgehead atoms. The van der Waals surface area contributed by atoms with Crippen molar-refractivity contribution in [1.29, 1.82) is 0 Å². The lowest BCUT2D eigenvalue weighted by atomic mass is 10.2. The van der Waals surface area contributed by atoms with Gasteiger partial charge in [-0.15, -0.1) is 0 Å². The van der Waals surface area contributed by atoms with E-state index >= 15 is 0 Å². The minimum Gasteiger partial charge on any atom is -0.309 e. The summed E-state index contributed by atoms with van der Waals surface area (Å²) in [4.78, 5) is 15.8. The standard InChI is InChI=1S/C10H12BrN3O/c11-7-3-4-9(13-6-7)14-10(15)8-2-1-5-12-8/h3-4,6,8,12H,1-2,5H2,(H,13,14,15)/t8-/m0/s1. The van der Waals surface area contributed by atoms with Crippen LogP contribution in [-0.4, -0.2) is 23.5 Å². The highest BCUT2D eigenvalue weighted by atomic mass is 79.9. The Bertz CT molecular complexity index is 346. The molecule has 2 heterocycles. The van der Waals surface area contributed by atoms with E-state index in [1.807, 2.05) is 6.07 Å². The van der Waals surface area contributed by atoms with E-state index in [0.717, 1.165) is 23.9 Å². The zero-order valence-corrected chi connectivity index (χ0v) is 9.75. The first-order chi connectivity index (χ1) is 7.25. The minimum absolute atomic E-state index is 0.00215. The Kier molecular flexibility index (Phi) is 3.33. The SMILES string of the molecule is O=C(Nc1ccc(Br)cn1)[C@@H]1CCCN1. The molecule has 1 atom stereocenters. The van der Waals surface area contributed by atoms with E-state index in [4.69, 9.17) is 0 Å². The maximum absolute atomic E-state index is 11.7. The fourth-order valence-corrected chi connectivity index (χ4v) is 1.81. The van der Waals surface area contributed by atoms with E-state index in [1.54, 1.807) is 12.3 Å². The number of amides is 1. The molecule has 15 heavy (non-hydrogen) atoms. The lowest BCUT2D eigenvalue weighted by molar-refractivity contribution is -0.117. The highest BCUT2D eigenvalue weighted by molar-refractivity contribution is 9.10. The second-order valence-electron chi connectivity index (χ2n) is 3.50. The Hall–Kier alpha value is -0.940. The Morgan fingerprint density at radius 1 is 1.60 bits per heavy atom. The number of aromatic nitrogens is 1. The van der Waals surface area contributed by atoms with Crippen LogP contribution in [0.25, 0.3) is 0 Å². The highest BCUT2D eigenvalue weighted by Crippen LogP contribution is 2.12. The Labute approximate surface area is 96.6 Å². The molecule has 4 nitrogen and oxygen atoms in total. The van der Waals surface area contributed by atoms with Crippen molar-refractivity contribution in [3.05, 3.63) is 22.8 Å². The third-order valence-corrected chi connectivity index (χ3v) is 2.82. The topological polar surface area (TPSA) is 54.0 Å². The molecule has 1 saturated heterocycles. The monoisotopic (exact) mass is 269 g/mol. The van der Waals surface area contributed by atoms with Crippen LogP contribution in [0.3, 0.4) is 0 Å². The molecule has 1 fully saturated rings. The summed E-state index contributed by atoms with van der Waals surface area (Å²) in [6.07, 6.45) is 3.63. The van der Waals surface area contributed by atoms with E-state index in [2.05, 4.69) is 31.5 Å². The maximum atomic E-state index is 11.7. The Morgan fingerprint density at radius 2 is 2.47 bits per heavy atom. The first-order valence-corrected chi connectivity index (χ1v) is 5.71. The van der Waals surface area contributed by atoms with Gasteiger partial charge in [0.15, 0.2) is 0 Å². The fraction of sp³-hybridized carbons (Fsp3) is 0.400. The van der Waals surface area contributed by atoms with Crippen molar-refractivity contribution < 1.29 is 4.79 Å². The van der Waals surface area contributed by atoms with Gasteiger partial charge in [0.25, 0.3) is 0 Å². The van der Waals surface area contributed by atoms with Gasteiger partial charge >= 0.3 is 0 Å². The van der Waals surface area contributed by atoms with E-state index in [9.17, 15) is 4.79 Å². The predicted octanol–water partition coefficient (Wildman–Crippen LogP) is 1.53. The van der Waals surface area contributed by atoms with Crippen molar-refractivity contribution in [2.75, 3.05) is 11.9 Å². The van der Waals surface area contributed by atoms with Gasteiger partial charge in [0.05, 0.1) is 6.04 Å². The molecule has 1 aliphatic rings. The largest absolute Gasteiger partial charge is 0.309 e. The number of pyridine rings is 1. The van der Waals surface area contributed by atoms with Crippen molar-refractivity contribution >= 4 is 27.7 Å². The second kappa shape index (κ2) is 4.72. The summed E-state index contributed by atoms with van der Waals surface area (Å²) >= 11 is 3.29. The summed E-state index contributed by atoms with van der Waals surface area (Å²) < 4.78 is 0.902. The normalized spacial score (nSPS) is 20.2. The van der Waals surface area contributed by atoms with Crippen LogP contribution >= 0.6 is 15.9 Å². The van der Waals surface area contributed by atoms with Crippen molar-refractivity contribution in [1.82, 2.24) is 10.3 Å².